The first-order valence-electron chi connectivity index (χ1n) is 35.5. The van der Waals surface area contributed by atoms with E-state index in [1.165, 1.54) is 33.2 Å². The Morgan fingerprint density at radius 1 is 0.696 bits per heavy atom. The van der Waals surface area contributed by atoms with Crippen molar-refractivity contribution in [2.45, 2.75) is 207 Å². The number of urea groups is 1. The van der Waals surface area contributed by atoms with Crippen molar-refractivity contribution in [1.82, 2.24) is 46.2 Å². The molecule has 3 aromatic carbocycles. The van der Waals surface area contributed by atoms with Gasteiger partial charge < -0.3 is 66.4 Å². The van der Waals surface area contributed by atoms with Crippen LogP contribution in [0.2, 0.25) is 0 Å². The molecule has 2 aliphatic rings. The van der Waals surface area contributed by atoms with Gasteiger partial charge in [-0.2, -0.15) is 0 Å². The number of anilines is 2. The molecule has 1 unspecified atom stereocenters. The zero-order valence-electron chi connectivity index (χ0n) is 61.6. The Morgan fingerprint density at radius 2 is 1.38 bits per heavy atom. The number of nitrogens with zero attached hydrogens (tertiary/aromatic N) is 4. The maximum atomic E-state index is 14.5. The summed E-state index contributed by atoms with van der Waals surface area (Å²) in [6.07, 6.45) is 2.82. The van der Waals surface area contributed by atoms with Gasteiger partial charge in [0.1, 0.15) is 30.8 Å². The van der Waals surface area contributed by atoms with E-state index in [4.69, 9.17) is 24.7 Å². The van der Waals surface area contributed by atoms with E-state index in [2.05, 4.69) is 37.2 Å². The molecular weight excluding hydrogens is 1310 g/mol. The van der Waals surface area contributed by atoms with Gasteiger partial charge >= 0.3 is 18.1 Å². The number of imide groups is 1. The minimum absolute atomic E-state index is 0.0808. The third-order valence-corrected chi connectivity index (χ3v) is 19.0. The summed E-state index contributed by atoms with van der Waals surface area (Å²) in [5.41, 5.74) is 8.21. The summed E-state index contributed by atoms with van der Waals surface area (Å²) < 4.78 is 22.6. The van der Waals surface area contributed by atoms with Crippen molar-refractivity contribution < 1.29 is 76.5 Å². The molecule has 0 aromatic heterocycles. The van der Waals surface area contributed by atoms with Crippen LogP contribution in [0.4, 0.5) is 21.0 Å². The number of methoxy groups -OCH3 is 3. The lowest BCUT2D eigenvalue weighted by Gasteiger charge is -2.40. The molecule has 12 atom stereocenters. The third kappa shape index (κ3) is 25.5. The van der Waals surface area contributed by atoms with Crippen molar-refractivity contribution in [1.29, 1.82) is 0 Å². The SMILES string of the molecule is CC[C@H](C)[C@@H]([C@@H](CC(=O)N1CCC[C@H]1[C@H](OC)[C@@H](C)C(=O)N[C@@H](Cc1ccccc1)C(=O)OC)OC)N(C)C(=O)[C@H](C)NC(=O)[C@H](C(C)C)N(C)Cc1cccc(NC(=O)OCc2ccc(NC(=O)[C@H](CCCCNC(N)=O)NC(=O)[C@H](C)NC(=O)CCCCCN3C(=O)CC(C)C3=O)cc2)c1. The highest BCUT2D eigenvalue weighted by atomic mass is 16.5. The van der Waals surface area contributed by atoms with Gasteiger partial charge in [-0.1, -0.05) is 109 Å². The van der Waals surface area contributed by atoms with Crippen LogP contribution in [0.3, 0.4) is 0 Å². The standard InChI is InChI=1S/C74H110N12O16/c1-14-46(4)64(59(99-11)42-62(89)85-38-24-30-58(85)65(100-12)48(6)66(90)82-57(72(96)101-13)41-51-25-17-15-18-26-51)84(10)71(95)50(8)78-69(93)63(45(2)3)83(9)43-53-27-23-28-55(40-53)80-74(98)102-44-52-32-34-54(35-33-52)79-68(92)56(29-20-21-36-76-73(75)97)81-67(91)49(7)77-60(87)31-19-16-22-37-86-61(88)39-47(5)70(86)94/h15,17-18,23,25-28,32-35,40,45-50,56-59,63-65H,14,16,19-22,24,29-31,36-39,41-44H2,1-13H3,(H,77,87)(H,78,93)(H,79,92)(H,80,98)(H,81,91)(H,82,90)(H3,75,76,97)/t46-,47?,48+,49-,50-,56-,57-,58-,59+,63-,64-,65+/m0/s1. The van der Waals surface area contributed by atoms with Gasteiger partial charge in [-0.3, -0.25) is 58.3 Å². The topological polar surface area (TPSA) is 365 Å². The number of likely N-dealkylation sites (tertiary alicyclic amines) is 2. The van der Waals surface area contributed by atoms with Gasteiger partial charge in [-0.25, -0.2) is 14.4 Å². The van der Waals surface area contributed by atoms with Crippen LogP contribution in [0.1, 0.15) is 149 Å². The molecule has 0 radical (unpaired) electrons. The van der Waals surface area contributed by atoms with Gasteiger partial charge in [-0.05, 0) is 119 Å². The summed E-state index contributed by atoms with van der Waals surface area (Å²) in [6, 6.07) is 16.5. The minimum atomic E-state index is -1.03. The molecule has 0 bridgehead atoms. The number of nitrogens with two attached hydrogens (primary N) is 1. The molecule has 2 saturated heterocycles. The molecule has 28 heteroatoms. The summed E-state index contributed by atoms with van der Waals surface area (Å²) in [5.74, 6) is -5.31. The molecular formula is C74H110N12O16. The predicted molar refractivity (Wildman–Crippen MR) is 383 cm³/mol. The minimum Gasteiger partial charge on any atom is -0.467 e. The highest BCUT2D eigenvalue weighted by molar-refractivity contribution is 6.03. The number of hydrogen-bond donors (Lipinski definition) is 8. The van der Waals surface area contributed by atoms with E-state index in [1.54, 1.807) is 87.1 Å². The zero-order chi connectivity index (χ0) is 75.3. The van der Waals surface area contributed by atoms with E-state index in [0.717, 1.165) is 11.1 Å². The van der Waals surface area contributed by atoms with Crippen molar-refractivity contribution in [2.24, 2.45) is 29.4 Å². The molecule has 0 aliphatic carbocycles. The number of unbranched alkanes of at least 4 members (excludes halogenated alkanes) is 3. The molecule has 5 rings (SSSR count). The van der Waals surface area contributed by atoms with E-state index in [0.29, 0.717) is 81.4 Å². The van der Waals surface area contributed by atoms with Crippen molar-refractivity contribution in [2.75, 3.05) is 65.7 Å². The first-order chi connectivity index (χ1) is 48.5. The molecule has 102 heavy (non-hydrogen) atoms. The summed E-state index contributed by atoms with van der Waals surface area (Å²) in [4.78, 5) is 165. The average Bonchev–Trinajstić information content (AvgIpc) is 0.990. The van der Waals surface area contributed by atoms with Crippen LogP contribution in [0, 0.1) is 23.7 Å². The van der Waals surface area contributed by atoms with Crippen LogP contribution in [0.15, 0.2) is 78.9 Å². The fourth-order valence-electron chi connectivity index (χ4n) is 13.3. The maximum absolute atomic E-state index is 14.5. The second-order valence-electron chi connectivity index (χ2n) is 27.2. The van der Waals surface area contributed by atoms with Crippen molar-refractivity contribution in [3.05, 3.63) is 95.6 Å². The monoisotopic (exact) mass is 1420 g/mol. The first kappa shape index (κ1) is 83.6. The number of carbonyl (C=O) groups is 12. The Bertz CT molecular complexity index is 3300. The van der Waals surface area contributed by atoms with Gasteiger partial charge in [0.25, 0.3) is 0 Å². The third-order valence-electron chi connectivity index (χ3n) is 19.0. The van der Waals surface area contributed by atoms with Gasteiger partial charge in [0.05, 0.1) is 49.8 Å². The second-order valence-corrected chi connectivity index (χ2v) is 27.2. The predicted octanol–water partition coefficient (Wildman–Crippen LogP) is 5.94. The van der Waals surface area contributed by atoms with E-state index < -0.39 is 96.2 Å². The fraction of sp³-hybridized carbons (Fsp3) is 0.595. The summed E-state index contributed by atoms with van der Waals surface area (Å²) >= 11 is 0. The van der Waals surface area contributed by atoms with Gasteiger partial charge in [0, 0.05) is 84.0 Å². The molecule has 0 saturated carbocycles. The van der Waals surface area contributed by atoms with E-state index in [-0.39, 0.29) is 105 Å². The Hall–Kier alpha value is -9.02. The first-order valence-corrected chi connectivity index (χ1v) is 35.5. The number of carbonyl (C=O) groups excluding carboxylic acids is 12. The number of nitrogens with one attached hydrogen (secondary N) is 7. The molecule has 28 nitrogen and oxygen atoms in total. The Morgan fingerprint density at radius 3 is 2.01 bits per heavy atom. The van der Waals surface area contributed by atoms with Gasteiger partial charge in [0.15, 0.2) is 0 Å². The lowest BCUT2D eigenvalue weighted by Crippen LogP contribution is -2.58. The number of likely N-dealkylation sites (N-methyl/N-ethyl adjacent to an activating group) is 2. The summed E-state index contributed by atoms with van der Waals surface area (Å²) in [7, 11) is 7.72. The van der Waals surface area contributed by atoms with E-state index in [1.807, 2.05) is 69.0 Å². The molecule has 9 N–H and O–H groups in total. The van der Waals surface area contributed by atoms with Crippen LogP contribution in [-0.4, -0.2) is 200 Å². The van der Waals surface area contributed by atoms with Gasteiger partial charge in [-0.15, -0.1) is 0 Å². The van der Waals surface area contributed by atoms with Crippen LogP contribution < -0.4 is 43.0 Å². The highest BCUT2D eigenvalue weighted by Crippen LogP contribution is 2.30. The highest BCUT2D eigenvalue weighted by Gasteiger charge is 2.44. The Kier molecular flexibility index (Phi) is 34.3. The zero-order valence-corrected chi connectivity index (χ0v) is 61.6. The maximum Gasteiger partial charge on any atom is 0.411 e. The van der Waals surface area contributed by atoms with Crippen molar-refractivity contribution in [3.63, 3.8) is 0 Å². The molecule has 2 aliphatic heterocycles. The normalized spacial score (nSPS) is 17.4. The smallest absolute Gasteiger partial charge is 0.411 e. The fourth-order valence-corrected chi connectivity index (χ4v) is 13.3. The molecule has 2 heterocycles. The quantitative estimate of drug-likeness (QED) is 0.0185. The van der Waals surface area contributed by atoms with Crippen LogP contribution in [0.5, 0.6) is 0 Å². The molecule has 562 valence electrons. The van der Waals surface area contributed by atoms with Crippen LogP contribution >= 0.6 is 0 Å². The second kappa shape index (κ2) is 41.8. The molecule has 3 aromatic rings. The van der Waals surface area contributed by atoms with Crippen LogP contribution in [-0.2, 0) is 86.5 Å². The number of ether oxygens (including phenoxy) is 4. The Balaban J connectivity index is 1.11. The van der Waals surface area contributed by atoms with Gasteiger partial charge in [0.2, 0.25) is 53.2 Å². The van der Waals surface area contributed by atoms with E-state index >= 15 is 0 Å². The number of amides is 12. The average molecular weight is 1420 g/mol. The van der Waals surface area contributed by atoms with Crippen molar-refractivity contribution >= 4 is 82.6 Å². The summed E-state index contributed by atoms with van der Waals surface area (Å²) in [5, 5.41) is 19.3. The number of hydrogen-bond acceptors (Lipinski definition) is 17. The molecule has 2 fully saturated rings. The van der Waals surface area contributed by atoms with E-state index in [9.17, 15) is 57.5 Å². The van der Waals surface area contributed by atoms with Crippen molar-refractivity contribution in [3.8, 4) is 0 Å². The molecule has 0 spiro atoms. The molecule has 12 amide bonds. The number of primary amides is 1. The largest absolute Gasteiger partial charge is 0.467 e. The number of rotatable bonds is 41. The Labute approximate surface area is 600 Å². The number of esters is 1. The summed E-state index contributed by atoms with van der Waals surface area (Å²) in [6.45, 7) is 15.5. The lowest BCUT2D eigenvalue weighted by molar-refractivity contribution is -0.148. The number of benzene rings is 3. The lowest BCUT2D eigenvalue weighted by atomic mass is 9.90. The van der Waals surface area contributed by atoms with Crippen LogP contribution in [0.25, 0.3) is 0 Å².